The number of ether oxygens (including phenoxy) is 1. The Labute approximate surface area is 100 Å². The molecule has 0 aliphatic rings. The maximum absolute atomic E-state index is 9.13. The van der Waals surface area contributed by atoms with E-state index in [0.29, 0.717) is 12.6 Å². The van der Waals surface area contributed by atoms with Crippen LogP contribution in [0.2, 0.25) is 0 Å². The molecule has 0 saturated carbocycles. The van der Waals surface area contributed by atoms with Crippen LogP contribution in [0, 0.1) is 0 Å². The third kappa shape index (κ3) is 5.80. The topological polar surface area (TPSA) is 35.9 Å². The molecule has 4 heteroatoms. The van der Waals surface area contributed by atoms with Crippen LogP contribution in [0.1, 0.15) is 20.8 Å². The van der Waals surface area contributed by atoms with Crippen LogP contribution in [-0.4, -0.2) is 74.0 Å². The van der Waals surface area contributed by atoms with E-state index in [0.717, 1.165) is 19.7 Å². The molecule has 0 spiro atoms. The van der Waals surface area contributed by atoms with Gasteiger partial charge in [-0.25, -0.2) is 0 Å². The molecular formula is C12H28N2O2. The second-order valence-corrected chi connectivity index (χ2v) is 4.41. The van der Waals surface area contributed by atoms with Gasteiger partial charge in [-0.3, -0.25) is 4.90 Å². The number of aliphatic hydroxyl groups is 1. The van der Waals surface area contributed by atoms with Crippen molar-refractivity contribution >= 4 is 0 Å². The van der Waals surface area contributed by atoms with E-state index < -0.39 is 0 Å². The molecule has 2 unspecified atom stereocenters. The average Bonchev–Trinajstić information content (AvgIpc) is 2.25. The van der Waals surface area contributed by atoms with Gasteiger partial charge in [-0.2, -0.15) is 0 Å². The zero-order valence-corrected chi connectivity index (χ0v) is 11.4. The number of likely N-dealkylation sites (N-methyl/N-ethyl adjacent to an activating group) is 2. The van der Waals surface area contributed by atoms with Crippen LogP contribution in [0.15, 0.2) is 0 Å². The molecule has 0 amide bonds. The van der Waals surface area contributed by atoms with E-state index in [-0.39, 0.29) is 12.6 Å². The molecule has 0 heterocycles. The van der Waals surface area contributed by atoms with Crippen LogP contribution in [0.3, 0.4) is 0 Å². The number of rotatable bonds is 9. The minimum atomic E-state index is 0.101. The van der Waals surface area contributed by atoms with E-state index in [1.54, 1.807) is 0 Å². The molecule has 0 bridgehead atoms. The van der Waals surface area contributed by atoms with E-state index >= 15 is 0 Å². The van der Waals surface area contributed by atoms with Gasteiger partial charge in [-0.15, -0.1) is 0 Å². The Morgan fingerprint density at radius 3 is 2.06 bits per heavy atom. The highest BCUT2D eigenvalue weighted by Gasteiger charge is 2.13. The molecule has 0 aliphatic carbocycles. The van der Waals surface area contributed by atoms with E-state index in [4.69, 9.17) is 9.84 Å². The summed E-state index contributed by atoms with van der Waals surface area (Å²) in [5, 5.41) is 9.13. The van der Waals surface area contributed by atoms with Gasteiger partial charge in [0.2, 0.25) is 0 Å². The van der Waals surface area contributed by atoms with E-state index in [1.807, 2.05) is 19.0 Å². The maximum atomic E-state index is 9.13. The molecule has 0 aromatic carbocycles. The monoisotopic (exact) mass is 232 g/mol. The van der Waals surface area contributed by atoms with Gasteiger partial charge in [0.05, 0.1) is 25.9 Å². The predicted molar refractivity (Wildman–Crippen MR) is 67.8 cm³/mol. The average molecular weight is 232 g/mol. The summed E-state index contributed by atoms with van der Waals surface area (Å²) in [6.07, 6.45) is 0. The fourth-order valence-corrected chi connectivity index (χ4v) is 1.69. The summed E-state index contributed by atoms with van der Waals surface area (Å²) >= 11 is 0. The van der Waals surface area contributed by atoms with Crippen molar-refractivity contribution < 1.29 is 9.84 Å². The van der Waals surface area contributed by atoms with Gasteiger partial charge < -0.3 is 14.7 Å². The summed E-state index contributed by atoms with van der Waals surface area (Å²) in [6, 6.07) is 0.542. The highest BCUT2D eigenvalue weighted by Crippen LogP contribution is 2.00. The second-order valence-electron chi connectivity index (χ2n) is 4.41. The van der Waals surface area contributed by atoms with Crippen molar-refractivity contribution in [3.05, 3.63) is 0 Å². The largest absolute Gasteiger partial charge is 0.395 e. The molecule has 16 heavy (non-hydrogen) atoms. The number of hydrogen-bond acceptors (Lipinski definition) is 4. The first-order valence-corrected chi connectivity index (χ1v) is 6.15. The molecule has 0 aromatic heterocycles. The van der Waals surface area contributed by atoms with E-state index in [2.05, 4.69) is 25.7 Å². The smallest absolute Gasteiger partial charge is 0.0644 e. The fraction of sp³-hybridized carbons (Fsp3) is 1.00. The molecule has 0 aromatic rings. The zero-order chi connectivity index (χ0) is 12.6. The lowest BCUT2D eigenvalue weighted by Gasteiger charge is -2.28. The van der Waals surface area contributed by atoms with Crippen molar-refractivity contribution in [2.75, 3.05) is 47.0 Å². The molecule has 0 rings (SSSR count). The van der Waals surface area contributed by atoms with Crippen molar-refractivity contribution in [3.8, 4) is 0 Å². The van der Waals surface area contributed by atoms with Crippen LogP contribution in [0.4, 0.5) is 0 Å². The van der Waals surface area contributed by atoms with Crippen molar-refractivity contribution in [3.63, 3.8) is 0 Å². The molecule has 2 atom stereocenters. The fourth-order valence-electron chi connectivity index (χ4n) is 1.69. The minimum absolute atomic E-state index is 0.101. The van der Waals surface area contributed by atoms with Gasteiger partial charge in [-0.05, 0) is 34.1 Å². The SMILES string of the molecule is CCN(CC)C(C)COCC(CO)N(C)C. The minimum Gasteiger partial charge on any atom is -0.395 e. The maximum Gasteiger partial charge on any atom is 0.0644 e. The Balaban J connectivity index is 3.79. The van der Waals surface area contributed by atoms with Gasteiger partial charge in [-0.1, -0.05) is 13.8 Å². The van der Waals surface area contributed by atoms with Gasteiger partial charge in [0.25, 0.3) is 0 Å². The molecule has 4 nitrogen and oxygen atoms in total. The van der Waals surface area contributed by atoms with Crippen LogP contribution < -0.4 is 0 Å². The first-order chi connectivity index (χ1) is 7.56. The molecule has 0 fully saturated rings. The Morgan fingerprint density at radius 2 is 1.69 bits per heavy atom. The summed E-state index contributed by atoms with van der Waals surface area (Å²) < 4.78 is 5.65. The van der Waals surface area contributed by atoms with Crippen LogP contribution in [-0.2, 0) is 4.74 Å². The molecule has 98 valence electrons. The van der Waals surface area contributed by atoms with Crippen LogP contribution >= 0.6 is 0 Å². The molecule has 0 radical (unpaired) electrons. The van der Waals surface area contributed by atoms with Crippen molar-refractivity contribution in [1.29, 1.82) is 0 Å². The Bertz CT molecular complexity index is 161. The van der Waals surface area contributed by atoms with Crippen molar-refractivity contribution in [2.45, 2.75) is 32.9 Å². The van der Waals surface area contributed by atoms with Gasteiger partial charge in [0.1, 0.15) is 0 Å². The standard InChI is InChI=1S/C12H28N2O2/c1-6-14(7-2)11(3)9-16-10-12(8-15)13(4)5/h11-12,15H,6-10H2,1-5H3. The third-order valence-corrected chi connectivity index (χ3v) is 3.05. The normalized spacial score (nSPS) is 15.8. The first kappa shape index (κ1) is 15.8. The zero-order valence-electron chi connectivity index (χ0n) is 11.4. The summed E-state index contributed by atoms with van der Waals surface area (Å²) in [6.45, 7) is 10.1. The quantitative estimate of drug-likeness (QED) is 0.633. The highest BCUT2D eigenvalue weighted by molar-refractivity contribution is 4.66. The molecule has 0 aliphatic heterocycles. The van der Waals surface area contributed by atoms with Crippen molar-refractivity contribution in [2.24, 2.45) is 0 Å². The van der Waals surface area contributed by atoms with Crippen LogP contribution in [0.5, 0.6) is 0 Å². The summed E-state index contributed by atoms with van der Waals surface area (Å²) in [4.78, 5) is 4.35. The number of hydrogen-bond donors (Lipinski definition) is 1. The Morgan fingerprint density at radius 1 is 1.12 bits per heavy atom. The lowest BCUT2D eigenvalue weighted by molar-refractivity contribution is 0.0235. The first-order valence-electron chi connectivity index (χ1n) is 6.15. The Kier molecular flexibility index (Phi) is 8.84. The molecule has 0 saturated heterocycles. The van der Waals surface area contributed by atoms with Crippen molar-refractivity contribution in [1.82, 2.24) is 9.80 Å². The molecular weight excluding hydrogens is 204 g/mol. The lowest BCUT2D eigenvalue weighted by atomic mass is 10.3. The van der Waals surface area contributed by atoms with Gasteiger partial charge >= 0.3 is 0 Å². The Hall–Kier alpha value is -0.160. The number of aliphatic hydroxyl groups excluding tert-OH is 1. The van der Waals surface area contributed by atoms with Crippen LogP contribution in [0.25, 0.3) is 0 Å². The lowest BCUT2D eigenvalue weighted by Crippen LogP contribution is -2.39. The third-order valence-electron chi connectivity index (χ3n) is 3.05. The number of nitrogens with zero attached hydrogens (tertiary/aromatic N) is 2. The van der Waals surface area contributed by atoms with E-state index in [9.17, 15) is 0 Å². The summed E-state index contributed by atoms with van der Waals surface area (Å²) in [7, 11) is 3.91. The molecule has 1 N–H and O–H groups in total. The predicted octanol–water partition coefficient (Wildman–Crippen LogP) is 0.656. The van der Waals surface area contributed by atoms with Gasteiger partial charge in [0.15, 0.2) is 0 Å². The summed E-state index contributed by atoms with van der Waals surface area (Å²) in [5.74, 6) is 0. The second kappa shape index (κ2) is 8.93. The van der Waals surface area contributed by atoms with E-state index in [1.165, 1.54) is 0 Å². The summed E-state index contributed by atoms with van der Waals surface area (Å²) in [5.41, 5.74) is 0. The highest BCUT2D eigenvalue weighted by atomic mass is 16.5. The van der Waals surface area contributed by atoms with Gasteiger partial charge in [0, 0.05) is 6.04 Å².